The smallest absolute Gasteiger partial charge is 0.222 e. The van der Waals surface area contributed by atoms with E-state index in [1.165, 1.54) is 25.1 Å². The molecule has 0 aromatic carbocycles. The highest BCUT2D eigenvalue weighted by atomic mass is 16.2. The Bertz CT molecular complexity index is 499. The molecule has 122 valence electrons. The van der Waals surface area contributed by atoms with Crippen LogP contribution in [0.1, 0.15) is 50.4 Å². The van der Waals surface area contributed by atoms with E-state index in [9.17, 15) is 4.79 Å². The summed E-state index contributed by atoms with van der Waals surface area (Å²) in [7, 11) is 3.60. The Morgan fingerprint density at radius 3 is 2.86 bits per heavy atom. The molecule has 1 aliphatic heterocycles. The summed E-state index contributed by atoms with van der Waals surface area (Å²) in [5, 5.41) is 0. The minimum absolute atomic E-state index is 0.163. The number of rotatable bonds is 5. The predicted octanol–water partition coefficient (Wildman–Crippen LogP) is 2.69. The molecule has 0 N–H and O–H groups in total. The van der Waals surface area contributed by atoms with Gasteiger partial charge in [-0.2, -0.15) is 0 Å². The van der Waals surface area contributed by atoms with E-state index in [2.05, 4.69) is 30.9 Å². The van der Waals surface area contributed by atoms with Crippen LogP contribution in [-0.4, -0.2) is 53.9 Å². The van der Waals surface area contributed by atoms with E-state index in [4.69, 9.17) is 4.98 Å². The van der Waals surface area contributed by atoms with E-state index < -0.39 is 0 Å². The minimum atomic E-state index is 0.163. The van der Waals surface area contributed by atoms with Crippen LogP contribution in [0.15, 0.2) is 18.2 Å². The van der Waals surface area contributed by atoms with Crippen LogP contribution >= 0.6 is 0 Å². The van der Waals surface area contributed by atoms with Crippen molar-refractivity contribution in [3.63, 3.8) is 0 Å². The number of amides is 1. The van der Waals surface area contributed by atoms with Gasteiger partial charge in [0.25, 0.3) is 0 Å². The molecule has 0 bridgehead atoms. The van der Waals surface area contributed by atoms with Crippen molar-refractivity contribution in [2.24, 2.45) is 0 Å². The molecule has 0 radical (unpaired) electrons. The zero-order valence-corrected chi connectivity index (χ0v) is 14.4. The van der Waals surface area contributed by atoms with Crippen LogP contribution in [0.3, 0.4) is 0 Å². The number of pyridine rings is 1. The van der Waals surface area contributed by atoms with Gasteiger partial charge in [-0.1, -0.05) is 6.07 Å². The first-order chi connectivity index (χ1) is 10.5. The maximum atomic E-state index is 11.7. The van der Waals surface area contributed by atoms with Crippen molar-refractivity contribution in [3.05, 3.63) is 29.6 Å². The van der Waals surface area contributed by atoms with Gasteiger partial charge < -0.3 is 9.80 Å². The summed E-state index contributed by atoms with van der Waals surface area (Å²) in [6.45, 7) is 6.83. The molecule has 22 heavy (non-hydrogen) atoms. The molecule has 2 rings (SSSR count). The fourth-order valence-corrected chi connectivity index (χ4v) is 3.04. The van der Waals surface area contributed by atoms with Gasteiger partial charge in [0, 0.05) is 50.4 Å². The Hall–Kier alpha value is -1.42. The average Bonchev–Trinajstić information content (AvgIpc) is 2.52. The number of carbonyl (C=O) groups excluding carboxylic acids is 1. The van der Waals surface area contributed by atoms with Crippen molar-refractivity contribution in [3.8, 4) is 0 Å². The van der Waals surface area contributed by atoms with Gasteiger partial charge in [-0.3, -0.25) is 9.78 Å². The molecule has 1 amide bonds. The molecule has 4 nitrogen and oxygen atoms in total. The number of nitrogens with zero attached hydrogens (tertiary/aromatic N) is 3. The lowest BCUT2D eigenvalue weighted by molar-refractivity contribution is -0.128. The molecule has 0 aliphatic carbocycles. The second kappa shape index (κ2) is 7.73. The number of piperidine rings is 1. The van der Waals surface area contributed by atoms with E-state index in [0.717, 1.165) is 18.7 Å². The quantitative estimate of drug-likeness (QED) is 0.839. The van der Waals surface area contributed by atoms with Crippen LogP contribution < -0.4 is 0 Å². The zero-order chi connectivity index (χ0) is 16.1. The number of hydrogen-bond acceptors (Lipinski definition) is 3. The lowest BCUT2D eigenvalue weighted by atomic mass is 9.93. The van der Waals surface area contributed by atoms with Crippen molar-refractivity contribution < 1.29 is 4.79 Å². The van der Waals surface area contributed by atoms with Crippen molar-refractivity contribution in [2.75, 3.05) is 27.2 Å². The van der Waals surface area contributed by atoms with Gasteiger partial charge in [-0.15, -0.1) is 0 Å². The van der Waals surface area contributed by atoms with E-state index in [1.54, 1.807) is 19.0 Å². The maximum absolute atomic E-state index is 11.7. The summed E-state index contributed by atoms with van der Waals surface area (Å²) in [6.07, 6.45) is 3.72. The SMILES string of the molecule is CC(C)N1CCCC(c2cccc(CCC(=O)N(C)C)n2)C1. The van der Waals surface area contributed by atoms with Crippen molar-refractivity contribution in [1.82, 2.24) is 14.8 Å². The highest BCUT2D eigenvalue weighted by Crippen LogP contribution is 2.26. The van der Waals surface area contributed by atoms with Gasteiger partial charge in [-0.05, 0) is 51.8 Å². The van der Waals surface area contributed by atoms with Crippen LogP contribution in [0.4, 0.5) is 0 Å². The minimum Gasteiger partial charge on any atom is -0.349 e. The topological polar surface area (TPSA) is 36.4 Å². The zero-order valence-electron chi connectivity index (χ0n) is 14.4. The van der Waals surface area contributed by atoms with E-state index in [-0.39, 0.29) is 5.91 Å². The highest BCUT2D eigenvalue weighted by molar-refractivity contribution is 5.75. The summed E-state index contributed by atoms with van der Waals surface area (Å²) < 4.78 is 0. The first-order valence-corrected chi connectivity index (χ1v) is 8.37. The third-order valence-corrected chi connectivity index (χ3v) is 4.52. The molecule has 4 heteroatoms. The lowest BCUT2D eigenvalue weighted by Crippen LogP contribution is -2.39. The second-order valence-corrected chi connectivity index (χ2v) is 6.77. The van der Waals surface area contributed by atoms with Crippen LogP contribution in [0.2, 0.25) is 0 Å². The van der Waals surface area contributed by atoms with Gasteiger partial charge in [0.15, 0.2) is 0 Å². The Morgan fingerprint density at radius 1 is 1.41 bits per heavy atom. The third kappa shape index (κ3) is 4.54. The van der Waals surface area contributed by atoms with Crippen LogP contribution in [-0.2, 0) is 11.2 Å². The molecule has 1 aromatic heterocycles. The maximum Gasteiger partial charge on any atom is 0.222 e. The van der Waals surface area contributed by atoms with E-state index >= 15 is 0 Å². The molecular weight excluding hydrogens is 274 g/mol. The standard InChI is InChI=1S/C18H29N3O/c1-14(2)21-12-6-7-15(13-21)17-9-5-8-16(19-17)10-11-18(22)20(3)4/h5,8-9,14-15H,6-7,10-13H2,1-4H3. The van der Waals surface area contributed by atoms with Crippen LogP contribution in [0.5, 0.6) is 0 Å². The Balaban J connectivity index is 2.00. The summed E-state index contributed by atoms with van der Waals surface area (Å²) >= 11 is 0. The predicted molar refractivity (Wildman–Crippen MR) is 89.9 cm³/mol. The van der Waals surface area contributed by atoms with E-state index in [1.807, 2.05) is 6.07 Å². The second-order valence-electron chi connectivity index (χ2n) is 6.77. The summed E-state index contributed by atoms with van der Waals surface area (Å²) in [6, 6.07) is 6.87. The number of hydrogen-bond donors (Lipinski definition) is 0. The van der Waals surface area contributed by atoms with Gasteiger partial charge >= 0.3 is 0 Å². The normalized spacial score (nSPS) is 19.4. The molecule has 0 spiro atoms. The molecule has 1 atom stereocenters. The molecule has 1 unspecified atom stereocenters. The fraction of sp³-hybridized carbons (Fsp3) is 0.667. The number of aromatic nitrogens is 1. The monoisotopic (exact) mass is 303 g/mol. The summed E-state index contributed by atoms with van der Waals surface area (Å²) in [5.74, 6) is 0.691. The van der Waals surface area contributed by atoms with E-state index in [0.29, 0.717) is 18.4 Å². The molecule has 0 saturated carbocycles. The Labute approximate surface area is 134 Å². The number of carbonyl (C=O) groups is 1. The summed E-state index contributed by atoms with van der Waals surface area (Å²) in [5.41, 5.74) is 2.23. The average molecular weight is 303 g/mol. The molecule has 1 saturated heterocycles. The lowest BCUT2D eigenvalue weighted by Gasteiger charge is -2.35. The van der Waals surface area contributed by atoms with Crippen LogP contribution in [0.25, 0.3) is 0 Å². The van der Waals surface area contributed by atoms with Crippen LogP contribution in [0, 0.1) is 0 Å². The van der Waals surface area contributed by atoms with Crippen molar-refractivity contribution in [2.45, 2.75) is 51.5 Å². The number of likely N-dealkylation sites (tertiary alicyclic amines) is 1. The molecule has 1 fully saturated rings. The van der Waals surface area contributed by atoms with Gasteiger partial charge in [0.2, 0.25) is 5.91 Å². The molecule has 2 heterocycles. The fourth-order valence-electron chi connectivity index (χ4n) is 3.04. The first kappa shape index (κ1) is 16.9. The van der Waals surface area contributed by atoms with Gasteiger partial charge in [0.05, 0.1) is 0 Å². The summed E-state index contributed by atoms with van der Waals surface area (Å²) in [4.78, 5) is 20.7. The van der Waals surface area contributed by atoms with Gasteiger partial charge in [-0.25, -0.2) is 0 Å². The highest BCUT2D eigenvalue weighted by Gasteiger charge is 2.23. The third-order valence-electron chi connectivity index (χ3n) is 4.52. The molecule has 1 aromatic rings. The molecule has 1 aliphatic rings. The Morgan fingerprint density at radius 2 is 2.18 bits per heavy atom. The largest absolute Gasteiger partial charge is 0.349 e. The van der Waals surface area contributed by atoms with Crippen molar-refractivity contribution >= 4 is 5.91 Å². The van der Waals surface area contributed by atoms with Crippen molar-refractivity contribution in [1.29, 1.82) is 0 Å². The first-order valence-electron chi connectivity index (χ1n) is 8.37. The number of aryl methyl sites for hydroxylation is 1. The van der Waals surface area contributed by atoms with Gasteiger partial charge in [0.1, 0.15) is 0 Å². The Kier molecular flexibility index (Phi) is 5.95. The molecular formula is C18H29N3O.